The van der Waals surface area contributed by atoms with E-state index in [1.54, 1.807) is 6.07 Å². The summed E-state index contributed by atoms with van der Waals surface area (Å²) in [6.07, 6.45) is 0.823. The van der Waals surface area contributed by atoms with Crippen LogP contribution in [-0.2, 0) is 6.42 Å². The average molecular weight is 401 g/mol. The van der Waals surface area contributed by atoms with Crippen LogP contribution in [0.4, 0.5) is 4.39 Å². The predicted octanol–water partition coefficient (Wildman–Crippen LogP) is 5.24. The Bertz CT molecular complexity index is 569. The molecule has 2 aromatic carbocycles. The molecule has 0 aliphatic rings. The van der Waals surface area contributed by atoms with E-state index >= 15 is 0 Å². The Kier molecular flexibility index (Phi) is 5.75. The largest absolute Gasteiger partial charge is 0.310 e. The molecule has 1 atom stereocenters. The van der Waals surface area contributed by atoms with E-state index in [0.717, 1.165) is 23.0 Å². The van der Waals surface area contributed by atoms with E-state index in [9.17, 15) is 4.39 Å². The third kappa shape index (κ3) is 3.90. The molecule has 0 amide bonds. The topological polar surface area (TPSA) is 12.0 Å². The van der Waals surface area contributed by atoms with Crippen molar-refractivity contribution in [2.75, 3.05) is 6.54 Å². The number of hydrogen-bond donors (Lipinski definition) is 1. The lowest BCUT2D eigenvalue weighted by molar-refractivity contribution is 0.538. The van der Waals surface area contributed by atoms with Gasteiger partial charge in [0.1, 0.15) is 5.82 Å². The molecule has 0 heterocycles. The predicted molar refractivity (Wildman–Crippen MR) is 88.4 cm³/mol. The summed E-state index contributed by atoms with van der Waals surface area (Å²) < 4.78 is 15.3. The van der Waals surface area contributed by atoms with Crippen LogP contribution in [0.1, 0.15) is 24.1 Å². The van der Waals surface area contributed by atoms with Gasteiger partial charge in [0.25, 0.3) is 0 Å². The van der Waals surface area contributed by atoms with Crippen LogP contribution in [0.5, 0.6) is 0 Å². The van der Waals surface area contributed by atoms with Gasteiger partial charge >= 0.3 is 0 Å². The fraction of sp³-hybridized carbons (Fsp3) is 0.250. The summed E-state index contributed by atoms with van der Waals surface area (Å²) in [5, 5.41) is 3.42. The Hall–Kier alpha value is -0.710. The molecule has 0 aromatic heterocycles. The van der Waals surface area contributed by atoms with Crippen molar-refractivity contribution in [1.29, 1.82) is 0 Å². The van der Waals surface area contributed by atoms with Gasteiger partial charge in [-0.05, 0) is 58.2 Å². The second kappa shape index (κ2) is 7.34. The summed E-state index contributed by atoms with van der Waals surface area (Å²) in [4.78, 5) is 0. The van der Waals surface area contributed by atoms with Gasteiger partial charge in [0.15, 0.2) is 0 Å². The first-order valence-corrected chi connectivity index (χ1v) is 8.12. The Morgan fingerprint density at radius 1 is 1.10 bits per heavy atom. The van der Waals surface area contributed by atoms with Gasteiger partial charge in [-0.15, -0.1) is 0 Å². The van der Waals surface area contributed by atoms with Gasteiger partial charge in [-0.1, -0.05) is 47.1 Å². The van der Waals surface area contributed by atoms with Crippen molar-refractivity contribution in [3.8, 4) is 0 Å². The molecule has 0 saturated heterocycles. The van der Waals surface area contributed by atoms with Gasteiger partial charge in [0.05, 0.1) is 4.47 Å². The monoisotopic (exact) mass is 399 g/mol. The maximum absolute atomic E-state index is 13.7. The summed E-state index contributed by atoms with van der Waals surface area (Å²) in [6, 6.07) is 13.5. The molecule has 2 aromatic rings. The van der Waals surface area contributed by atoms with Crippen molar-refractivity contribution >= 4 is 31.9 Å². The van der Waals surface area contributed by atoms with Crippen LogP contribution < -0.4 is 5.32 Å². The number of likely N-dealkylation sites (N-methyl/N-ethyl adjacent to an activating group) is 1. The van der Waals surface area contributed by atoms with Crippen LogP contribution in [0, 0.1) is 5.82 Å². The molecule has 1 N–H and O–H groups in total. The summed E-state index contributed by atoms with van der Waals surface area (Å²) in [5.74, 6) is -0.221. The van der Waals surface area contributed by atoms with E-state index in [2.05, 4.69) is 56.2 Å². The Balaban J connectivity index is 2.26. The highest BCUT2D eigenvalue weighted by Gasteiger charge is 2.16. The standard InChI is InChI=1S/C16H16Br2FN/c1-2-20-15(10-11-6-8-12(17)9-7-11)13-4-3-5-14(19)16(13)18/h3-9,15,20H,2,10H2,1H3. The number of halogens is 3. The molecule has 20 heavy (non-hydrogen) atoms. The van der Waals surface area contributed by atoms with Crippen LogP contribution >= 0.6 is 31.9 Å². The van der Waals surface area contributed by atoms with Crippen molar-refractivity contribution in [3.05, 3.63) is 68.4 Å². The van der Waals surface area contributed by atoms with Gasteiger partial charge in [-0.25, -0.2) is 4.39 Å². The van der Waals surface area contributed by atoms with Crippen molar-refractivity contribution < 1.29 is 4.39 Å². The maximum atomic E-state index is 13.7. The maximum Gasteiger partial charge on any atom is 0.137 e. The van der Waals surface area contributed by atoms with E-state index in [1.165, 1.54) is 11.6 Å². The molecule has 1 nitrogen and oxygen atoms in total. The highest BCUT2D eigenvalue weighted by atomic mass is 79.9. The first-order valence-electron chi connectivity index (χ1n) is 6.53. The van der Waals surface area contributed by atoms with Crippen LogP contribution in [0.15, 0.2) is 51.4 Å². The Morgan fingerprint density at radius 3 is 2.45 bits per heavy atom. The van der Waals surface area contributed by atoms with E-state index in [-0.39, 0.29) is 11.9 Å². The second-order valence-electron chi connectivity index (χ2n) is 4.58. The third-order valence-electron chi connectivity index (χ3n) is 3.16. The smallest absolute Gasteiger partial charge is 0.137 e. The lowest BCUT2D eigenvalue weighted by Crippen LogP contribution is -2.23. The molecule has 1 unspecified atom stereocenters. The lowest BCUT2D eigenvalue weighted by atomic mass is 9.98. The lowest BCUT2D eigenvalue weighted by Gasteiger charge is -2.20. The van der Waals surface area contributed by atoms with E-state index < -0.39 is 0 Å². The summed E-state index contributed by atoms with van der Waals surface area (Å²) in [6.45, 7) is 2.89. The molecular formula is C16H16Br2FN. The molecule has 0 radical (unpaired) electrons. The molecule has 106 valence electrons. The number of nitrogens with one attached hydrogen (secondary N) is 1. The van der Waals surface area contributed by atoms with Crippen molar-refractivity contribution in [3.63, 3.8) is 0 Å². The van der Waals surface area contributed by atoms with Crippen LogP contribution in [-0.4, -0.2) is 6.54 Å². The highest BCUT2D eigenvalue weighted by Crippen LogP contribution is 2.28. The van der Waals surface area contributed by atoms with Gasteiger partial charge in [-0.2, -0.15) is 0 Å². The Labute approximate surface area is 135 Å². The first kappa shape index (κ1) is 15.7. The van der Waals surface area contributed by atoms with Crippen molar-refractivity contribution in [2.24, 2.45) is 0 Å². The first-order chi connectivity index (χ1) is 9.61. The fourth-order valence-corrected chi connectivity index (χ4v) is 2.99. The zero-order valence-electron chi connectivity index (χ0n) is 11.2. The van der Waals surface area contributed by atoms with Crippen molar-refractivity contribution in [1.82, 2.24) is 5.32 Å². The summed E-state index contributed by atoms with van der Waals surface area (Å²) in [7, 11) is 0. The third-order valence-corrected chi connectivity index (χ3v) is 4.53. The van der Waals surface area contributed by atoms with Gasteiger partial charge < -0.3 is 5.32 Å². The normalized spacial score (nSPS) is 12.4. The number of rotatable bonds is 5. The van der Waals surface area contributed by atoms with Crippen LogP contribution in [0.3, 0.4) is 0 Å². The zero-order chi connectivity index (χ0) is 14.5. The van der Waals surface area contributed by atoms with Gasteiger partial charge in [0, 0.05) is 10.5 Å². The zero-order valence-corrected chi connectivity index (χ0v) is 14.3. The van der Waals surface area contributed by atoms with E-state index in [4.69, 9.17) is 0 Å². The van der Waals surface area contributed by atoms with E-state index in [1.807, 2.05) is 18.2 Å². The minimum absolute atomic E-state index is 0.0891. The minimum atomic E-state index is -0.221. The van der Waals surface area contributed by atoms with Gasteiger partial charge in [0.2, 0.25) is 0 Å². The van der Waals surface area contributed by atoms with Crippen LogP contribution in [0.25, 0.3) is 0 Å². The molecule has 4 heteroatoms. The molecule has 2 rings (SSSR count). The average Bonchev–Trinajstić information content (AvgIpc) is 2.44. The molecule has 0 spiro atoms. The molecule has 0 saturated carbocycles. The highest BCUT2D eigenvalue weighted by molar-refractivity contribution is 9.10. The fourth-order valence-electron chi connectivity index (χ4n) is 2.18. The summed E-state index contributed by atoms with van der Waals surface area (Å²) >= 11 is 6.79. The molecule has 0 aliphatic heterocycles. The summed E-state index contributed by atoms with van der Waals surface area (Å²) in [5.41, 5.74) is 2.17. The SMILES string of the molecule is CCNC(Cc1ccc(Br)cc1)c1cccc(F)c1Br. The van der Waals surface area contributed by atoms with Crippen LogP contribution in [0.2, 0.25) is 0 Å². The molecule has 0 fully saturated rings. The number of benzene rings is 2. The minimum Gasteiger partial charge on any atom is -0.310 e. The molecular weight excluding hydrogens is 385 g/mol. The van der Waals surface area contributed by atoms with Crippen molar-refractivity contribution in [2.45, 2.75) is 19.4 Å². The van der Waals surface area contributed by atoms with E-state index in [0.29, 0.717) is 4.47 Å². The molecule has 0 bridgehead atoms. The molecule has 0 aliphatic carbocycles. The number of hydrogen-bond acceptors (Lipinski definition) is 1. The Morgan fingerprint density at radius 2 is 1.80 bits per heavy atom. The second-order valence-corrected chi connectivity index (χ2v) is 6.29. The quantitative estimate of drug-likeness (QED) is 0.723. The van der Waals surface area contributed by atoms with Gasteiger partial charge in [-0.3, -0.25) is 0 Å².